The van der Waals surface area contributed by atoms with E-state index in [1.165, 1.54) is 0 Å². The molecule has 0 atom stereocenters. The highest BCUT2D eigenvalue weighted by molar-refractivity contribution is 5.90. The zero-order valence-electron chi connectivity index (χ0n) is 8.41. The van der Waals surface area contributed by atoms with Gasteiger partial charge in [0, 0.05) is 0 Å². The third-order valence-corrected chi connectivity index (χ3v) is 1.85. The van der Waals surface area contributed by atoms with Gasteiger partial charge in [-0.2, -0.15) is 13.2 Å². The molecule has 0 aliphatic carbocycles. The SMILES string of the molecule is C#CCOc1ccc(C(F)(F)F)c(C(=O)O)c1. The lowest BCUT2D eigenvalue weighted by molar-refractivity contribution is -0.138. The van der Waals surface area contributed by atoms with Gasteiger partial charge in [-0.05, 0) is 18.2 Å². The molecule has 1 aromatic carbocycles. The molecule has 90 valence electrons. The molecule has 0 fully saturated rings. The van der Waals surface area contributed by atoms with Crippen molar-refractivity contribution in [3.63, 3.8) is 0 Å². The summed E-state index contributed by atoms with van der Waals surface area (Å²) in [6.07, 6.45) is 0.178. The maximum absolute atomic E-state index is 12.5. The third kappa shape index (κ3) is 3.14. The monoisotopic (exact) mass is 244 g/mol. The molecule has 0 heterocycles. The first kappa shape index (κ1) is 12.9. The van der Waals surface area contributed by atoms with Gasteiger partial charge in [-0.3, -0.25) is 0 Å². The Morgan fingerprint density at radius 3 is 2.59 bits per heavy atom. The van der Waals surface area contributed by atoms with Gasteiger partial charge in [0.2, 0.25) is 0 Å². The summed E-state index contributed by atoms with van der Waals surface area (Å²) in [7, 11) is 0. The van der Waals surface area contributed by atoms with Crippen molar-refractivity contribution in [3.05, 3.63) is 29.3 Å². The number of alkyl halides is 3. The van der Waals surface area contributed by atoms with Crippen molar-refractivity contribution >= 4 is 5.97 Å². The van der Waals surface area contributed by atoms with Crippen molar-refractivity contribution in [1.29, 1.82) is 0 Å². The Morgan fingerprint density at radius 2 is 2.12 bits per heavy atom. The molecule has 6 heteroatoms. The molecule has 1 N–H and O–H groups in total. The molecule has 0 saturated heterocycles. The molecular weight excluding hydrogens is 237 g/mol. The van der Waals surface area contributed by atoms with Gasteiger partial charge in [0.05, 0.1) is 11.1 Å². The van der Waals surface area contributed by atoms with Crippen LogP contribution in [0.2, 0.25) is 0 Å². The number of carbonyl (C=O) groups is 1. The summed E-state index contributed by atoms with van der Waals surface area (Å²) in [5, 5.41) is 8.68. The van der Waals surface area contributed by atoms with Gasteiger partial charge in [0.25, 0.3) is 0 Å². The van der Waals surface area contributed by atoms with Gasteiger partial charge in [0.1, 0.15) is 12.4 Å². The summed E-state index contributed by atoms with van der Waals surface area (Å²) in [6, 6.07) is 2.46. The van der Waals surface area contributed by atoms with Crippen molar-refractivity contribution in [2.24, 2.45) is 0 Å². The summed E-state index contributed by atoms with van der Waals surface area (Å²) in [6.45, 7) is -0.148. The van der Waals surface area contributed by atoms with Gasteiger partial charge >= 0.3 is 12.1 Å². The normalized spacial score (nSPS) is 10.7. The van der Waals surface area contributed by atoms with Crippen LogP contribution in [0.5, 0.6) is 5.75 Å². The van der Waals surface area contributed by atoms with E-state index >= 15 is 0 Å². The first-order valence-corrected chi connectivity index (χ1v) is 4.37. The van der Waals surface area contributed by atoms with E-state index in [-0.39, 0.29) is 12.4 Å². The van der Waals surface area contributed by atoms with E-state index in [2.05, 4.69) is 5.92 Å². The fourth-order valence-corrected chi connectivity index (χ4v) is 1.16. The predicted molar refractivity (Wildman–Crippen MR) is 52.7 cm³/mol. The summed E-state index contributed by atoms with van der Waals surface area (Å²) in [5.41, 5.74) is -2.09. The van der Waals surface area contributed by atoms with E-state index in [1.54, 1.807) is 0 Å². The van der Waals surface area contributed by atoms with Crippen LogP contribution in [0.25, 0.3) is 0 Å². The van der Waals surface area contributed by atoms with Gasteiger partial charge in [0.15, 0.2) is 0 Å². The van der Waals surface area contributed by atoms with Crippen LogP contribution in [0.15, 0.2) is 18.2 Å². The number of hydrogen-bond acceptors (Lipinski definition) is 2. The number of aromatic carboxylic acids is 1. The number of ether oxygens (including phenoxy) is 1. The zero-order valence-corrected chi connectivity index (χ0v) is 8.41. The molecule has 0 spiro atoms. The number of benzene rings is 1. The van der Waals surface area contributed by atoms with Gasteiger partial charge in [-0.15, -0.1) is 6.42 Å². The minimum Gasteiger partial charge on any atom is -0.481 e. The lowest BCUT2D eigenvalue weighted by atomic mass is 10.1. The van der Waals surface area contributed by atoms with Crippen molar-refractivity contribution < 1.29 is 27.8 Å². The molecule has 3 nitrogen and oxygen atoms in total. The third-order valence-electron chi connectivity index (χ3n) is 1.85. The molecule has 17 heavy (non-hydrogen) atoms. The molecule has 0 radical (unpaired) electrons. The topological polar surface area (TPSA) is 46.5 Å². The smallest absolute Gasteiger partial charge is 0.417 e. The standard InChI is InChI=1S/C11H7F3O3/c1-2-5-17-7-3-4-9(11(12,13)14)8(6-7)10(15)16/h1,3-4,6H,5H2,(H,15,16). The zero-order chi connectivity index (χ0) is 13.1. The molecule has 0 aliphatic heterocycles. The molecule has 0 unspecified atom stereocenters. The van der Waals surface area contributed by atoms with Gasteiger partial charge < -0.3 is 9.84 Å². The van der Waals surface area contributed by atoms with E-state index in [0.717, 1.165) is 12.1 Å². The van der Waals surface area contributed by atoms with E-state index in [9.17, 15) is 18.0 Å². The number of carboxylic acids is 1. The number of terminal acetylenes is 1. The highest BCUT2D eigenvalue weighted by atomic mass is 19.4. The second-order valence-electron chi connectivity index (χ2n) is 3.00. The maximum atomic E-state index is 12.5. The highest BCUT2D eigenvalue weighted by Crippen LogP contribution is 2.33. The van der Waals surface area contributed by atoms with Crippen LogP contribution in [-0.2, 0) is 6.18 Å². The van der Waals surface area contributed by atoms with Crippen LogP contribution in [0.3, 0.4) is 0 Å². The van der Waals surface area contributed by atoms with Crippen LogP contribution in [-0.4, -0.2) is 17.7 Å². The first-order valence-electron chi connectivity index (χ1n) is 4.37. The Bertz CT molecular complexity index is 472. The van der Waals surface area contributed by atoms with Crippen molar-refractivity contribution in [2.75, 3.05) is 6.61 Å². The van der Waals surface area contributed by atoms with Gasteiger partial charge in [-0.1, -0.05) is 5.92 Å². The average molecular weight is 244 g/mol. The molecule has 1 aromatic rings. The second-order valence-corrected chi connectivity index (χ2v) is 3.00. The van der Waals surface area contributed by atoms with E-state index in [4.69, 9.17) is 16.3 Å². The van der Waals surface area contributed by atoms with Crippen molar-refractivity contribution in [1.82, 2.24) is 0 Å². The van der Waals surface area contributed by atoms with E-state index in [0.29, 0.717) is 6.07 Å². The van der Waals surface area contributed by atoms with E-state index in [1.807, 2.05) is 0 Å². The minimum atomic E-state index is -4.72. The summed E-state index contributed by atoms with van der Waals surface area (Å²) >= 11 is 0. The summed E-state index contributed by atoms with van der Waals surface area (Å²) < 4.78 is 42.2. The first-order chi connectivity index (χ1) is 7.86. The largest absolute Gasteiger partial charge is 0.481 e. The van der Waals surface area contributed by atoms with Crippen LogP contribution >= 0.6 is 0 Å². The number of hydrogen-bond donors (Lipinski definition) is 1. The molecule has 0 aromatic heterocycles. The van der Waals surface area contributed by atoms with Crippen LogP contribution in [0.1, 0.15) is 15.9 Å². The van der Waals surface area contributed by atoms with Crippen molar-refractivity contribution in [2.45, 2.75) is 6.18 Å². The summed E-state index contributed by atoms with van der Waals surface area (Å²) in [5.74, 6) is 0.420. The Labute approximate surface area is 94.8 Å². The molecule has 0 aliphatic rings. The average Bonchev–Trinajstić information content (AvgIpc) is 2.24. The fraction of sp³-hybridized carbons (Fsp3) is 0.182. The number of halogens is 3. The van der Waals surface area contributed by atoms with Gasteiger partial charge in [-0.25, -0.2) is 4.79 Å². The van der Waals surface area contributed by atoms with Crippen molar-refractivity contribution in [3.8, 4) is 18.1 Å². The lowest BCUT2D eigenvalue weighted by Crippen LogP contribution is -2.13. The number of rotatable bonds is 3. The van der Waals surface area contributed by atoms with Crippen LogP contribution < -0.4 is 4.74 Å². The van der Waals surface area contributed by atoms with Crippen LogP contribution in [0, 0.1) is 12.3 Å². The molecular formula is C11H7F3O3. The Hall–Kier alpha value is -2.16. The van der Waals surface area contributed by atoms with E-state index < -0.39 is 23.3 Å². The fourth-order valence-electron chi connectivity index (χ4n) is 1.16. The Balaban J connectivity index is 3.19. The Morgan fingerprint density at radius 1 is 1.47 bits per heavy atom. The molecule has 0 saturated carbocycles. The van der Waals surface area contributed by atoms with Crippen LogP contribution in [0.4, 0.5) is 13.2 Å². The molecule has 0 amide bonds. The number of carboxylic acid groups (broad SMARTS) is 1. The second kappa shape index (κ2) is 4.78. The predicted octanol–water partition coefficient (Wildman–Crippen LogP) is 2.42. The minimum absolute atomic E-state index is 0.0200. The molecule has 1 rings (SSSR count). The quantitative estimate of drug-likeness (QED) is 0.830. The maximum Gasteiger partial charge on any atom is 0.417 e. The molecule has 0 bridgehead atoms. The Kier molecular flexibility index (Phi) is 3.63. The highest BCUT2D eigenvalue weighted by Gasteiger charge is 2.35. The summed E-state index contributed by atoms with van der Waals surface area (Å²) in [4.78, 5) is 10.7. The lowest BCUT2D eigenvalue weighted by Gasteiger charge is -2.11.